The summed E-state index contributed by atoms with van der Waals surface area (Å²) in [5.74, 6) is 0. The van der Waals surface area contributed by atoms with Crippen LogP contribution in [0.3, 0.4) is 0 Å². The van der Waals surface area contributed by atoms with Crippen molar-refractivity contribution in [2.75, 3.05) is 0 Å². The quantitative estimate of drug-likeness (QED) is 0.694. The van der Waals surface area contributed by atoms with Gasteiger partial charge in [-0.25, -0.2) is 13.1 Å². The highest BCUT2D eigenvalue weighted by Crippen LogP contribution is 2.10. The highest BCUT2D eigenvalue weighted by atomic mass is 32.2. The average Bonchev–Trinajstić information content (AvgIpc) is 2.87. The highest BCUT2D eigenvalue weighted by molar-refractivity contribution is 7.89. The van der Waals surface area contributed by atoms with Gasteiger partial charge in [-0.3, -0.25) is 0 Å². The van der Waals surface area contributed by atoms with Gasteiger partial charge in [0, 0.05) is 18.1 Å². The van der Waals surface area contributed by atoms with Crippen molar-refractivity contribution in [2.24, 2.45) is 0 Å². The number of aromatic amines is 1. The first-order valence-corrected chi connectivity index (χ1v) is 6.64. The Labute approximate surface area is 104 Å². The molecule has 0 spiro atoms. The third-order valence-electron chi connectivity index (χ3n) is 2.27. The van der Waals surface area contributed by atoms with Crippen LogP contribution in [0.15, 0.2) is 35.5 Å². The summed E-state index contributed by atoms with van der Waals surface area (Å²) in [5.41, 5.74) is 0.967. The van der Waals surface area contributed by atoms with Gasteiger partial charge < -0.3 is 10.1 Å². The van der Waals surface area contributed by atoms with E-state index in [2.05, 4.69) is 19.9 Å². The lowest BCUT2D eigenvalue weighted by Crippen LogP contribution is -2.23. The van der Waals surface area contributed by atoms with E-state index in [9.17, 15) is 8.42 Å². The Morgan fingerprint density at radius 1 is 1.44 bits per heavy atom. The lowest BCUT2D eigenvalue weighted by molar-refractivity contribution is 0.277. The number of nitrogens with zero attached hydrogens (tertiary/aromatic N) is 2. The van der Waals surface area contributed by atoms with E-state index in [0.717, 1.165) is 0 Å². The second kappa shape index (κ2) is 5.25. The smallest absolute Gasteiger partial charge is 0.242 e. The van der Waals surface area contributed by atoms with Gasteiger partial charge in [-0.15, -0.1) is 0 Å². The molecule has 96 valence electrons. The number of H-pyrrole nitrogens is 1. The lowest BCUT2D eigenvalue weighted by Gasteiger charge is -2.03. The molecule has 0 saturated heterocycles. The number of aliphatic hydroxyl groups excluding tert-OH is 1. The fourth-order valence-electron chi connectivity index (χ4n) is 1.35. The second-order valence-electron chi connectivity index (χ2n) is 3.56. The van der Waals surface area contributed by atoms with E-state index in [1.807, 2.05) is 0 Å². The van der Waals surface area contributed by atoms with E-state index in [0.29, 0.717) is 11.4 Å². The third-order valence-corrected chi connectivity index (χ3v) is 3.65. The minimum Gasteiger partial charge on any atom is -0.390 e. The molecule has 0 unspecified atom stereocenters. The Kier molecular flexibility index (Phi) is 3.70. The fourth-order valence-corrected chi connectivity index (χ4v) is 2.36. The molecule has 0 aliphatic rings. The minimum atomic E-state index is -3.61. The number of sulfonamides is 1. The predicted octanol–water partition coefficient (Wildman–Crippen LogP) is -0.225. The standard InChI is InChI=1S/C10H12N4O3S/c15-7-9-4-10(6-11-9)18(16,17)13-5-8-2-1-3-12-14-8/h1-4,6,11,13,15H,5,7H2. The van der Waals surface area contributed by atoms with Crippen LogP contribution in [-0.2, 0) is 23.2 Å². The topological polar surface area (TPSA) is 108 Å². The van der Waals surface area contributed by atoms with Gasteiger partial charge in [-0.2, -0.15) is 10.2 Å². The van der Waals surface area contributed by atoms with E-state index in [4.69, 9.17) is 5.11 Å². The predicted molar refractivity (Wildman–Crippen MR) is 62.8 cm³/mol. The van der Waals surface area contributed by atoms with Gasteiger partial charge in [0.2, 0.25) is 10.0 Å². The maximum atomic E-state index is 11.9. The van der Waals surface area contributed by atoms with Gasteiger partial charge >= 0.3 is 0 Å². The normalized spacial score (nSPS) is 11.6. The van der Waals surface area contributed by atoms with Crippen LogP contribution in [0.2, 0.25) is 0 Å². The zero-order valence-electron chi connectivity index (χ0n) is 9.37. The summed E-state index contributed by atoms with van der Waals surface area (Å²) >= 11 is 0. The molecule has 7 nitrogen and oxygen atoms in total. The number of aliphatic hydroxyl groups is 1. The molecule has 0 bridgehead atoms. The fraction of sp³-hybridized carbons (Fsp3) is 0.200. The molecular formula is C10H12N4O3S. The molecule has 0 aliphatic carbocycles. The van der Waals surface area contributed by atoms with Gasteiger partial charge in [0.05, 0.1) is 23.7 Å². The Bertz CT molecular complexity index is 609. The van der Waals surface area contributed by atoms with Crippen molar-refractivity contribution < 1.29 is 13.5 Å². The van der Waals surface area contributed by atoms with E-state index >= 15 is 0 Å². The largest absolute Gasteiger partial charge is 0.390 e. The molecule has 0 saturated carbocycles. The van der Waals surface area contributed by atoms with E-state index in [1.165, 1.54) is 18.5 Å². The highest BCUT2D eigenvalue weighted by Gasteiger charge is 2.15. The molecule has 0 radical (unpaired) electrons. The summed E-state index contributed by atoms with van der Waals surface area (Å²) in [7, 11) is -3.61. The van der Waals surface area contributed by atoms with Crippen LogP contribution in [0.1, 0.15) is 11.4 Å². The zero-order chi connectivity index (χ0) is 13.0. The van der Waals surface area contributed by atoms with Gasteiger partial charge in [-0.1, -0.05) is 0 Å². The second-order valence-corrected chi connectivity index (χ2v) is 5.33. The molecule has 0 aromatic carbocycles. The van der Waals surface area contributed by atoms with E-state index in [-0.39, 0.29) is 18.0 Å². The third kappa shape index (κ3) is 2.92. The molecule has 0 atom stereocenters. The molecule has 18 heavy (non-hydrogen) atoms. The van der Waals surface area contributed by atoms with Crippen molar-refractivity contribution in [1.82, 2.24) is 19.9 Å². The van der Waals surface area contributed by atoms with Crippen molar-refractivity contribution in [3.63, 3.8) is 0 Å². The van der Waals surface area contributed by atoms with Gasteiger partial charge in [0.15, 0.2) is 0 Å². The summed E-state index contributed by atoms with van der Waals surface area (Å²) in [4.78, 5) is 2.74. The first-order chi connectivity index (χ1) is 8.62. The van der Waals surface area contributed by atoms with Crippen molar-refractivity contribution in [3.8, 4) is 0 Å². The van der Waals surface area contributed by atoms with Crippen molar-refractivity contribution in [2.45, 2.75) is 18.0 Å². The van der Waals surface area contributed by atoms with Crippen molar-refractivity contribution >= 4 is 10.0 Å². The Hall–Kier alpha value is -1.77. The Morgan fingerprint density at radius 2 is 2.28 bits per heavy atom. The maximum absolute atomic E-state index is 11.9. The average molecular weight is 268 g/mol. The van der Waals surface area contributed by atoms with Crippen molar-refractivity contribution in [1.29, 1.82) is 0 Å². The van der Waals surface area contributed by atoms with Gasteiger partial charge in [0.25, 0.3) is 0 Å². The van der Waals surface area contributed by atoms with Crippen LogP contribution in [0.5, 0.6) is 0 Å². The van der Waals surface area contributed by atoms with Crippen molar-refractivity contribution in [3.05, 3.63) is 42.0 Å². The van der Waals surface area contributed by atoms with Gasteiger partial charge in [0.1, 0.15) is 0 Å². The van der Waals surface area contributed by atoms with Crippen LogP contribution < -0.4 is 4.72 Å². The number of aromatic nitrogens is 3. The molecule has 3 N–H and O–H groups in total. The monoisotopic (exact) mass is 268 g/mol. The first kappa shape index (κ1) is 12.7. The zero-order valence-corrected chi connectivity index (χ0v) is 10.2. The molecule has 8 heteroatoms. The molecule has 2 heterocycles. The number of hydrogen-bond donors (Lipinski definition) is 3. The molecule has 0 aliphatic heterocycles. The van der Waals surface area contributed by atoms with Crippen LogP contribution in [0.25, 0.3) is 0 Å². The summed E-state index contributed by atoms with van der Waals surface area (Å²) in [5, 5.41) is 16.3. The molecule has 0 amide bonds. The van der Waals surface area contributed by atoms with Crippen LogP contribution in [-0.4, -0.2) is 28.7 Å². The summed E-state index contributed by atoms with van der Waals surface area (Å²) < 4.78 is 26.1. The molecule has 2 rings (SSSR count). The maximum Gasteiger partial charge on any atom is 0.242 e. The van der Waals surface area contributed by atoms with Crippen LogP contribution in [0, 0.1) is 0 Å². The molecule has 2 aromatic rings. The number of rotatable bonds is 5. The Balaban J connectivity index is 2.08. The number of nitrogens with one attached hydrogen (secondary N) is 2. The summed E-state index contributed by atoms with van der Waals surface area (Å²) in [6.07, 6.45) is 2.84. The molecule has 2 aromatic heterocycles. The first-order valence-electron chi connectivity index (χ1n) is 5.16. The van der Waals surface area contributed by atoms with Crippen LogP contribution in [0.4, 0.5) is 0 Å². The summed E-state index contributed by atoms with van der Waals surface area (Å²) in [6, 6.07) is 4.72. The SMILES string of the molecule is O=S(=O)(NCc1cccnn1)c1c[nH]c(CO)c1. The molecule has 0 fully saturated rings. The van der Waals surface area contributed by atoms with E-state index < -0.39 is 10.0 Å². The van der Waals surface area contributed by atoms with E-state index in [1.54, 1.807) is 12.1 Å². The number of hydrogen-bond acceptors (Lipinski definition) is 5. The Morgan fingerprint density at radius 3 is 2.89 bits per heavy atom. The lowest BCUT2D eigenvalue weighted by atomic mass is 10.4. The minimum absolute atomic E-state index is 0.0653. The van der Waals surface area contributed by atoms with Gasteiger partial charge in [-0.05, 0) is 18.2 Å². The molecular weight excluding hydrogens is 256 g/mol. The summed E-state index contributed by atoms with van der Waals surface area (Å²) in [6.45, 7) is -0.171. The van der Waals surface area contributed by atoms with Crippen LogP contribution >= 0.6 is 0 Å².